The third-order valence-electron chi connectivity index (χ3n) is 2.68. The lowest BCUT2D eigenvalue weighted by Crippen LogP contribution is -2.40. The maximum Gasteiger partial charge on any atom is 0.321 e. The number of carboxylic acids is 1. The van der Waals surface area contributed by atoms with E-state index in [4.69, 9.17) is 5.11 Å². The lowest BCUT2D eigenvalue weighted by atomic mass is 10.2. The van der Waals surface area contributed by atoms with Gasteiger partial charge in [-0.1, -0.05) is 35.3 Å². The van der Waals surface area contributed by atoms with Gasteiger partial charge in [-0.25, -0.2) is 8.42 Å². The first-order valence-electron chi connectivity index (χ1n) is 5.80. The van der Waals surface area contributed by atoms with Crippen molar-refractivity contribution in [3.63, 3.8) is 0 Å². The Hall–Kier alpha value is -0.920. The minimum atomic E-state index is -3.84. The van der Waals surface area contributed by atoms with Crippen LogP contribution in [0.5, 0.6) is 0 Å². The number of hydrogen-bond donors (Lipinski definition) is 2. The summed E-state index contributed by atoms with van der Waals surface area (Å²) in [4.78, 5) is 11.1. The minimum absolute atomic E-state index is 0.0872. The molecule has 0 spiro atoms. The van der Waals surface area contributed by atoms with Crippen LogP contribution in [0.3, 0.4) is 0 Å². The third kappa shape index (κ3) is 4.02. The van der Waals surface area contributed by atoms with E-state index in [0.717, 1.165) is 0 Å². The second-order valence-electron chi connectivity index (χ2n) is 4.16. The molecule has 106 valence electrons. The first-order valence-corrected chi connectivity index (χ1v) is 8.07. The Labute approximate surface area is 121 Å². The largest absolute Gasteiger partial charge is 0.480 e. The molecule has 1 aromatic carbocycles. The lowest BCUT2D eigenvalue weighted by Gasteiger charge is -2.15. The average Bonchev–Trinajstić information content (AvgIpc) is 2.31. The number of aliphatic carboxylic acids is 1. The van der Waals surface area contributed by atoms with E-state index in [1.54, 1.807) is 26.0 Å². The van der Waals surface area contributed by atoms with E-state index in [2.05, 4.69) is 20.7 Å². The zero-order valence-corrected chi connectivity index (χ0v) is 13.1. The predicted octanol–water partition coefficient (Wildman–Crippen LogP) is 2.29. The molecule has 1 rings (SSSR count). The molecule has 0 bridgehead atoms. The second kappa shape index (κ2) is 6.49. The Morgan fingerprint density at radius 3 is 2.63 bits per heavy atom. The van der Waals surface area contributed by atoms with E-state index in [1.165, 1.54) is 6.07 Å². The molecule has 0 amide bonds. The number of hydrogen-bond acceptors (Lipinski definition) is 3. The summed E-state index contributed by atoms with van der Waals surface area (Å²) in [7, 11) is -3.84. The summed E-state index contributed by atoms with van der Waals surface area (Å²) in [5.74, 6) is -1.17. The van der Waals surface area contributed by atoms with Crippen LogP contribution in [0.25, 0.3) is 0 Å². The number of nitrogens with one attached hydrogen (secondary N) is 1. The number of rotatable bonds is 6. The summed E-state index contributed by atoms with van der Waals surface area (Å²) < 4.78 is 27.3. The Morgan fingerprint density at radius 2 is 2.11 bits per heavy atom. The minimum Gasteiger partial charge on any atom is -0.480 e. The van der Waals surface area contributed by atoms with Crippen molar-refractivity contribution in [1.29, 1.82) is 0 Å². The number of carbonyl (C=O) groups is 1. The molecule has 1 aromatic rings. The molecule has 0 saturated carbocycles. The summed E-state index contributed by atoms with van der Waals surface area (Å²) in [6, 6.07) is 3.68. The Morgan fingerprint density at radius 1 is 1.47 bits per heavy atom. The number of benzene rings is 1. The van der Waals surface area contributed by atoms with Gasteiger partial charge in [-0.15, -0.1) is 0 Å². The second-order valence-corrected chi connectivity index (χ2v) is 6.70. The summed E-state index contributed by atoms with van der Waals surface area (Å²) >= 11 is 3.26. The molecule has 2 N–H and O–H groups in total. The summed E-state index contributed by atoms with van der Waals surface area (Å²) in [6.45, 7) is 3.46. The predicted molar refractivity (Wildman–Crippen MR) is 75.5 cm³/mol. The van der Waals surface area contributed by atoms with Crippen LogP contribution in [0.2, 0.25) is 0 Å². The van der Waals surface area contributed by atoms with Gasteiger partial charge in [0.15, 0.2) is 0 Å². The van der Waals surface area contributed by atoms with Crippen molar-refractivity contribution >= 4 is 31.9 Å². The van der Waals surface area contributed by atoms with Crippen LogP contribution in [-0.4, -0.2) is 25.5 Å². The van der Waals surface area contributed by atoms with Crippen molar-refractivity contribution < 1.29 is 18.3 Å². The third-order valence-corrected chi connectivity index (χ3v) is 5.16. The number of sulfonamides is 1. The zero-order valence-electron chi connectivity index (χ0n) is 10.7. The SMILES string of the molecule is CCCC(NS(=O)(=O)c1cccc(Br)c1C)C(=O)O. The normalized spacial score (nSPS) is 13.2. The molecule has 0 radical (unpaired) electrons. The van der Waals surface area contributed by atoms with Gasteiger partial charge in [0.05, 0.1) is 4.90 Å². The van der Waals surface area contributed by atoms with E-state index in [1.807, 2.05) is 0 Å². The number of carboxylic acid groups (broad SMARTS) is 1. The maximum absolute atomic E-state index is 12.2. The molecular formula is C12H16BrNO4S. The Bertz CT molecular complexity index is 571. The summed E-state index contributed by atoms with van der Waals surface area (Å²) in [5.41, 5.74) is 0.552. The van der Waals surface area contributed by atoms with E-state index >= 15 is 0 Å². The van der Waals surface area contributed by atoms with Gasteiger partial charge in [-0.3, -0.25) is 4.79 Å². The van der Waals surface area contributed by atoms with Gasteiger partial charge in [0.2, 0.25) is 10.0 Å². The highest BCUT2D eigenvalue weighted by atomic mass is 79.9. The standard InChI is InChI=1S/C12H16BrNO4S/c1-3-5-10(12(15)16)14-19(17,18)11-7-4-6-9(13)8(11)2/h4,6-7,10,14H,3,5H2,1-2H3,(H,15,16). The first kappa shape index (κ1) is 16.1. The fourth-order valence-electron chi connectivity index (χ4n) is 1.65. The van der Waals surface area contributed by atoms with Crippen molar-refractivity contribution in [2.75, 3.05) is 0 Å². The van der Waals surface area contributed by atoms with Gasteiger partial charge < -0.3 is 5.11 Å². The molecule has 0 aromatic heterocycles. The summed E-state index contributed by atoms with van der Waals surface area (Å²) in [5, 5.41) is 9.00. The highest BCUT2D eigenvalue weighted by Crippen LogP contribution is 2.23. The van der Waals surface area contributed by atoms with Crippen LogP contribution in [0.15, 0.2) is 27.6 Å². The van der Waals surface area contributed by atoms with Crippen LogP contribution in [0.4, 0.5) is 0 Å². The van der Waals surface area contributed by atoms with Crippen LogP contribution in [0, 0.1) is 6.92 Å². The van der Waals surface area contributed by atoms with Crippen molar-refractivity contribution in [2.24, 2.45) is 0 Å². The van der Waals surface area contributed by atoms with Crippen molar-refractivity contribution in [3.05, 3.63) is 28.2 Å². The molecule has 5 nitrogen and oxygen atoms in total. The lowest BCUT2D eigenvalue weighted by molar-refractivity contribution is -0.139. The summed E-state index contributed by atoms with van der Waals surface area (Å²) in [6.07, 6.45) is 0.832. The van der Waals surface area contributed by atoms with Crippen LogP contribution in [0.1, 0.15) is 25.3 Å². The van der Waals surface area contributed by atoms with E-state index in [-0.39, 0.29) is 11.3 Å². The molecule has 0 aliphatic rings. The molecule has 19 heavy (non-hydrogen) atoms. The van der Waals surface area contributed by atoms with Crippen molar-refractivity contribution in [1.82, 2.24) is 4.72 Å². The highest BCUT2D eigenvalue weighted by molar-refractivity contribution is 9.10. The monoisotopic (exact) mass is 349 g/mol. The fraction of sp³-hybridized carbons (Fsp3) is 0.417. The van der Waals surface area contributed by atoms with Crippen LogP contribution < -0.4 is 4.72 Å². The van der Waals surface area contributed by atoms with Gasteiger partial charge >= 0.3 is 5.97 Å². The highest BCUT2D eigenvalue weighted by Gasteiger charge is 2.26. The molecular weight excluding hydrogens is 334 g/mol. The van der Waals surface area contributed by atoms with Gasteiger partial charge in [0, 0.05) is 4.47 Å². The van der Waals surface area contributed by atoms with Crippen LogP contribution in [-0.2, 0) is 14.8 Å². The number of halogens is 1. The molecule has 0 saturated heterocycles. The zero-order chi connectivity index (χ0) is 14.6. The van der Waals surface area contributed by atoms with Crippen molar-refractivity contribution in [2.45, 2.75) is 37.6 Å². The molecule has 7 heteroatoms. The first-order chi connectivity index (χ1) is 8.79. The topological polar surface area (TPSA) is 83.5 Å². The van der Waals surface area contributed by atoms with Gasteiger partial charge in [-0.05, 0) is 31.0 Å². The molecule has 0 heterocycles. The van der Waals surface area contributed by atoms with Crippen molar-refractivity contribution in [3.8, 4) is 0 Å². The van der Waals surface area contributed by atoms with Gasteiger partial charge in [0.1, 0.15) is 6.04 Å². The molecule has 0 fully saturated rings. The smallest absolute Gasteiger partial charge is 0.321 e. The van der Waals surface area contributed by atoms with E-state index < -0.39 is 22.0 Å². The van der Waals surface area contributed by atoms with Gasteiger partial charge in [0.25, 0.3) is 0 Å². The molecule has 1 atom stereocenters. The Balaban J connectivity index is 3.10. The molecule has 0 aliphatic heterocycles. The van der Waals surface area contributed by atoms with E-state index in [0.29, 0.717) is 16.5 Å². The van der Waals surface area contributed by atoms with Gasteiger partial charge in [-0.2, -0.15) is 4.72 Å². The fourth-order valence-corrected chi connectivity index (χ4v) is 3.64. The quantitative estimate of drug-likeness (QED) is 0.825. The van der Waals surface area contributed by atoms with E-state index in [9.17, 15) is 13.2 Å². The molecule has 0 aliphatic carbocycles. The Kier molecular flexibility index (Phi) is 5.51. The average molecular weight is 350 g/mol. The molecule has 1 unspecified atom stereocenters. The maximum atomic E-state index is 12.2. The van der Waals surface area contributed by atoms with Crippen LogP contribution >= 0.6 is 15.9 Å².